The van der Waals surface area contributed by atoms with Crippen LogP contribution >= 0.6 is 0 Å². The molecule has 6 heteroatoms. The van der Waals surface area contributed by atoms with Crippen molar-refractivity contribution in [2.24, 2.45) is 5.73 Å². The highest BCUT2D eigenvalue weighted by atomic mass is 16.2. The lowest BCUT2D eigenvalue weighted by molar-refractivity contribution is -0.123. The first-order valence-corrected chi connectivity index (χ1v) is 9.43. The van der Waals surface area contributed by atoms with Crippen LogP contribution < -0.4 is 11.1 Å². The molecule has 0 radical (unpaired) electrons. The molecule has 1 aromatic heterocycles. The fourth-order valence-electron chi connectivity index (χ4n) is 3.88. The van der Waals surface area contributed by atoms with Gasteiger partial charge in [0.15, 0.2) is 0 Å². The molecule has 0 aliphatic heterocycles. The van der Waals surface area contributed by atoms with Gasteiger partial charge in [0, 0.05) is 16.8 Å². The quantitative estimate of drug-likeness (QED) is 0.850. The molecule has 1 heterocycles. The smallest absolute Gasteiger partial charge is 0.252 e. The molecule has 1 aliphatic carbocycles. The van der Waals surface area contributed by atoms with Crippen molar-refractivity contribution >= 4 is 11.8 Å². The van der Waals surface area contributed by atoms with Crippen LogP contribution in [0.5, 0.6) is 0 Å². The average molecular weight is 366 g/mol. The Morgan fingerprint density at radius 3 is 2.30 bits per heavy atom. The Kier molecular flexibility index (Phi) is 5.26. The van der Waals surface area contributed by atoms with Crippen molar-refractivity contribution in [1.29, 1.82) is 0 Å². The SMILES string of the molecule is CCc1c(C)nc(C)nc1-c1ccc(C(=O)NC2(C(N)=O)CCCC2)cc1. The minimum Gasteiger partial charge on any atom is -0.368 e. The average Bonchev–Trinajstić information content (AvgIpc) is 3.11. The van der Waals surface area contributed by atoms with Crippen LogP contribution in [0.2, 0.25) is 0 Å². The van der Waals surface area contributed by atoms with E-state index in [0.717, 1.165) is 47.6 Å². The fraction of sp³-hybridized carbons (Fsp3) is 0.429. The van der Waals surface area contributed by atoms with Gasteiger partial charge < -0.3 is 11.1 Å². The van der Waals surface area contributed by atoms with Crippen molar-refractivity contribution < 1.29 is 9.59 Å². The van der Waals surface area contributed by atoms with E-state index in [9.17, 15) is 9.59 Å². The maximum absolute atomic E-state index is 12.6. The molecule has 0 unspecified atom stereocenters. The molecule has 0 atom stereocenters. The monoisotopic (exact) mass is 366 g/mol. The summed E-state index contributed by atoms with van der Waals surface area (Å²) in [7, 11) is 0. The van der Waals surface area contributed by atoms with E-state index in [4.69, 9.17) is 5.73 Å². The predicted molar refractivity (Wildman–Crippen MR) is 104 cm³/mol. The Labute approximate surface area is 159 Å². The Balaban J connectivity index is 1.86. The highest BCUT2D eigenvalue weighted by molar-refractivity contribution is 5.99. The van der Waals surface area contributed by atoms with Gasteiger partial charge in [0.25, 0.3) is 5.91 Å². The van der Waals surface area contributed by atoms with Gasteiger partial charge in [-0.05, 0) is 50.8 Å². The lowest BCUT2D eigenvalue weighted by Gasteiger charge is -2.26. The van der Waals surface area contributed by atoms with E-state index in [-0.39, 0.29) is 5.91 Å². The predicted octanol–water partition coefficient (Wildman–Crippen LogP) is 2.85. The van der Waals surface area contributed by atoms with E-state index in [2.05, 4.69) is 22.2 Å². The lowest BCUT2D eigenvalue weighted by Crippen LogP contribution is -2.55. The molecule has 1 aliphatic rings. The number of aromatic nitrogens is 2. The number of hydrogen-bond acceptors (Lipinski definition) is 4. The minimum absolute atomic E-state index is 0.270. The van der Waals surface area contributed by atoms with Gasteiger partial charge in [-0.3, -0.25) is 9.59 Å². The second-order valence-electron chi connectivity index (χ2n) is 7.22. The summed E-state index contributed by atoms with van der Waals surface area (Å²) >= 11 is 0. The molecule has 1 aromatic carbocycles. The van der Waals surface area contributed by atoms with Crippen LogP contribution in [0.15, 0.2) is 24.3 Å². The zero-order chi connectivity index (χ0) is 19.6. The molecule has 0 saturated heterocycles. The van der Waals surface area contributed by atoms with Crippen LogP contribution in [0.1, 0.15) is 60.0 Å². The third-order valence-electron chi connectivity index (χ3n) is 5.38. The summed E-state index contributed by atoms with van der Waals surface area (Å²) in [4.78, 5) is 33.5. The van der Waals surface area contributed by atoms with Crippen LogP contribution in [-0.2, 0) is 11.2 Å². The van der Waals surface area contributed by atoms with Gasteiger partial charge in [-0.2, -0.15) is 0 Å². The van der Waals surface area contributed by atoms with E-state index >= 15 is 0 Å². The molecule has 2 amide bonds. The van der Waals surface area contributed by atoms with Crippen molar-refractivity contribution in [3.8, 4) is 11.3 Å². The number of rotatable bonds is 5. The number of nitrogens with two attached hydrogens (primary N) is 1. The van der Waals surface area contributed by atoms with Gasteiger partial charge in [-0.15, -0.1) is 0 Å². The number of primary amides is 1. The second kappa shape index (κ2) is 7.47. The number of carbonyl (C=O) groups is 2. The van der Waals surface area contributed by atoms with E-state index < -0.39 is 11.4 Å². The molecular formula is C21H26N4O2. The molecule has 2 aromatic rings. The Morgan fingerprint density at radius 1 is 1.11 bits per heavy atom. The zero-order valence-electron chi connectivity index (χ0n) is 16.1. The van der Waals surface area contributed by atoms with Gasteiger partial charge in [0.1, 0.15) is 11.4 Å². The van der Waals surface area contributed by atoms with E-state index in [1.165, 1.54) is 0 Å². The first-order chi connectivity index (χ1) is 12.9. The molecular weight excluding hydrogens is 340 g/mol. The standard InChI is InChI=1S/C21H26N4O2/c1-4-17-13(2)23-14(3)24-18(17)15-7-9-16(10-8-15)19(26)25-21(20(22)27)11-5-6-12-21/h7-10H,4-6,11-12H2,1-3H3,(H2,22,27)(H,25,26). The molecule has 3 N–H and O–H groups in total. The summed E-state index contributed by atoms with van der Waals surface area (Å²) in [6.45, 7) is 5.95. The van der Waals surface area contributed by atoms with Crippen LogP contribution in [0.25, 0.3) is 11.3 Å². The minimum atomic E-state index is -0.911. The Hall–Kier alpha value is -2.76. The van der Waals surface area contributed by atoms with Crippen LogP contribution in [0.4, 0.5) is 0 Å². The fourth-order valence-corrected chi connectivity index (χ4v) is 3.88. The summed E-state index contributed by atoms with van der Waals surface area (Å²) in [5.74, 6) is 0.00339. The maximum Gasteiger partial charge on any atom is 0.252 e. The highest BCUT2D eigenvalue weighted by Crippen LogP contribution is 2.30. The molecule has 3 rings (SSSR count). The van der Waals surface area contributed by atoms with Gasteiger partial charge in [-0.1, -0.05) is 31.9 Å². The third-order valence-corrected chi connectivity index (χ3v) is 5.38. The Morgan fingerprint density at radius 2 is 1.74 bits per heavy atom. The number of nitrogens with zero attached hydrogens (tertiary/aromatic N) is 2. The van der Waals surface area contributed by atoms with Crippen molar-refractivity contribution in [2.45, 2.75) is 58.4 Å². The van der Waals surface area contributed by atoms with Crippen molar-refractivity contribution in [2.75, 3.05) is 0 Å². The molecule has 27 heavy (non-hydrogen) atoms. The van der Waals surface area contributed by atoms with Gasteiger partial charge in [-0.25, -0.2) is 9.97 Å². The van der Waals surface area contributed by atoms with Crippen LogP contribution in [0, 0.1) is 13.8 Å². The number of nitrogens with one attached hydrogen (secondary N) is 1. The summed E-state index contributed by atoms with van der Waals surface area (Å²) in [5, 5.41) is 2.87. The number of amides is 2. The van der Waals surface area contributed by atoms with Crippen LogP contribution in [0.3, 0.4) is 0 Å². The molecule has 1 fully saturated rings. The summed E-state index contributed by atoms with van der Waals surface area (Å²) < 4.78 is 0. The summed E-state index contributed by atoms with van der Waals surface area (Å²) in [6.07, 6.45) is 3.84. The first-order valence-electron chi connectivity index (χ1n) is 9.43. The zero-order valence-corrected chi connectivity index (χ0v) is 16.1. The van der Waals surface area contributed by atoms with Crippen molar-refractivity contribution in [3.63, 3.8) is 0 Å². The molecule has 0 spiro atoms. The topological polar surface area (TPSA) is 98.0 Å². The molecule has 6 nitrogen and oxygen atoms in total. The van der Waals surface area contributed by atoms with E-state index in [1.807, 2.05) is 26.0 Å². The number of hydrogen-bond donors (Lipinski definition) is 2. The summed E-state index contributed by atoms with van der Waals surface area (Å²) in [6, 6.07) is 7.31. The van der Waals surface area contributed by atoms with Gasteiger partial charge >= 0.3 is 0 Å². The number of aryl methyl sites for hydroxylation is 2. The maximum atomic E-state index is 12.6. The molecule has 1 saturated carbocycles. The van der Waals surface area contributed by atoms with Crippen LogP contribution in [-0.4, -0.2) is 27.3 Å². The first kappa shape index (κ1) is 19.0. The third kappa shape index (κ3) is 3.70. The Bertz CT molecular complexity index is 868. The lowest BCUT2D eigenvalue weighted by atomic mass is 9.95. The second-order valence-corrected chi connectivity index (χ2v) is 7.22. The highest BCUT2D eigenvalue weighted by Gasteiger charge is 2.40. The van der Waals surface area contributed by atoms with Crippen molar-refractivity contribution in [3.05, 3.63) is 46.9 Å². The van der Waals surface area contributed by atoms with Crippen molar-refractivity contribution in [1.82, 2.24) is 15.3 Å². The number of carbonyl (C=O) groups excluding carboxylic acids is 2. The normalized spacial score (nSPS) is 15.5. The molecule has 0 bridgehead atoms. The van der Waals surface area contributed by atoms with Gasteiger partial charge in [0.05, 0.1) is 5.69 Å². The van der Waals surface area contributed by atoms with E-state index in [0.29, 0.717) is 18.4 Å². The summed E-state index contributed by atoms with van der Waals surface area (Å²) in [5.41, 5.74) is 9.08. The number of benzene rings is 1. The van der Waals surface area contributed by atoms with E-state index in [1.54, 1.807) is 12.1 Å². The molecule has 142 valence electrons. The van der Waals surface area contributed by atoms with Gasteiger partial charge in [0.2, 0.25) is 5.91 Å². The largest absolute Gasteiger partial charge is 0.368 e.